The second-order valence-corrected chi connectivity index (χ2v) is 10.0. The van der Waals surface area contributed by atoms with E-state index in [4.69, 9.17) is 0 Å². The van der Waals surface area contributed by atoms with Crippen LogP contribution in [0.5, 0.6) is 0 Å². The van der Waals surface area contributed by atoms with Gasteiger partial charge in [-0.25, -0.2) is 12.8 Å². The number of benzene rings is 2. The highest BCUT2D eigenvalue weighted by Crippen LogP contribution is 2.19. The number of carbonyl (C=O) groups is 1. The Morgan fingerprint density at radius 2 is 1.61 bits per heavy atom. The fraction of sp³-hybridized carbons (Fsp3) is 0.435. The Labute approximate surface area is 184 Å². The van der Waals surface area contributed by atoms with Crippen LogP contribution in [0.2, 0.25) is 0 Å². The summed E-state index contributed by atoms with van der Waals surface area (Å²) < 4.78 is 40.6. The van der Waals surface area contributed by atoms with E-state index in [9.17, 15) is 17.6 Å². The predicted molar refractivity (Wildman–Crippen MR) is 119 cm³/mol. The smallest absolute Gasteiger partial charge is 0.243 e. The molecule has 1 heterocycles. The zero-order valence-electron chi connectivity index (χ0n) is 18.2. The molecule has 2 atom stereocenters. The van der Waals surface area contributed by atoms with Gasteiger partial charge in [-0.2, -0.15) is 4.31 Å². The summed E-state index contributed by atoms with van der Waals surface area (Å²) in [5, 5.41) is 2.97. The van der Waals surface area contributed by atoms with E-state index in [0.29, 0.717) is 37.5 Å². The van der Waals surface area contributed by atoms with Crippen LogP contribution >= 0.6 is 0 Å². The second-order valence-electron chi connectivity index (χ2n) is 8.06. The van der Waals surface area contributed by atoms with Crippen molar-refractivity contribution in [3.63, 3.8) is 0 Å². The molecule has 8 heteroatoms. The Hall–Kier alpha value is -2.29. The van der Waals surface area contributed by atoms with Gasteiger partial charge in [0, 0.05) is 26.2 Å². The van der Waals surface area contributed by atoms with Crippen molar-refractivity contribution in [2.45, 2.75) is 44.2 Å². The molecule has 2 aromatic carbocycles. The first-order chi connectivity index (χ1) is 14.7. The van der Waals surface area contributed by atoms with Gasteiger partial charge in [-0.3, -0.25) is 9.69 Å². The molecule has 3 rings (SSSR count). The maximum Gasteiger partial charge on any atom is 0.243 e. The first-order valence-electron chi connectivity index (χ1n) is 10.5. The Bertz CT molecular complexity index is 994. The minimum atomic E-state index is -3.55. The predicted octanol–water partition coefficient (Wildman–Crippen LogP) is 3.10. The van der Waals surface area contributed by atoms with E-state index in [1.807, 2.05) is 25.7 Å². The van der Waals surface area contributed by atoms with Gasteiger partial charge in [0.2, 0.25) is 15.9 Å². The van der Waals surface area contributed by atoms with Crippen LogP contribution in [-0.4, -0.2) is 55.8 Å². The summed E-state index contributed by atoms with van der Waals surface area (Å²) in [5.41, 5.74) is 1.84. The molecule has 2 aromatic rings. The van der Waals surface area contributed by atoms with Crippen molar-refractivity contribution in [2.24, 2.45) is 0 Å². The van der Waals surface area contributed by atoms with Crippen LogP contribution < -0.4 is 5.32 Å². The lowest BCUT2D eigenvalue weighted by Crippen LogP contribution is -2.47. The number of rotatable bonds is 6. The van der Waals surface area contributed by atoms with Crippen molar-refractivity contribution in [1.29, 1.82) is 0 Å². The minimum Gasteiger partial charge on any atom is -0.348 e. The maximum absolute atomic E-state index is 13.1. The lowest BCUT2D eigenvalue weighted by molar-refractivity contribution is -0.126. The fourth-order valence-electron chi connectivity index (χ4n) is 3.74. The third-order valence-corrected chi connectivity index (χ3v) is 7.72. The van der Waals surface area contributed by atoms with E-state index in [0.717, 1.165) is 11.1 Å². The molecule has 0 unspecified atom stereocenters. The Kier molecular flexibility index (Phi) is 7.46. The number of amides is 1. The summed E-state index contributed by atoms with van der Waals surface area (Å²) in [7, 11) is -3.55. The molecule has 0 radical (unpaired) electrons. The highest BCUT2D eigenvalue weighted by molar-refractivity contribution is 7.89. The summed E-state index contributed by atoms with van der Waals surface area (Å²) in [4.78, 5) is 15.1. The molecule has 0 spiro atoms. The molecule has 0 saturated carbocycles. The number of hydrogen-bond donors (Lipinski definition) is 1. The lowest BCUT2D eigenvalue weighted by Gasteiger charge is -2.28. The summed E-state index contributed by atoms with van der Waals surface area (Å²) in [6.07, 6.45) is 0.649. The SMILES string of the molecule is Cc1ccc(S(=O)(=O)N2CCCN([C@@H](C)C(=O)N[C@H](C)c3ccc(F)cc3)CC2)cc1. The van der Waals surface area contributed by atoms with E-state index >= 15 is 0 Å². The summed E-state index contributed by atoms with van der Waals surface area (Å²) in [6.45, 7) is 7.48. The van der Waals surface area contributed by atoms with Crippen LogP contribution in [0.25, 0.3) is 0 Å². The molecule has 1 amide bonds. The summed E-state index contributed by atoms with van der Waals surface area (Å²) in [5.74, 6) is -0.447. The van der Waals surface area contributed by atoms with Crippen LogP contribution in [0.15, 0.2) is 53.4 Å². The van der Waals surface area contributed by atoms with Gasteiger partial charge in [-0.15, -0.1) is 0 Å². The van der Waals surface area contributed by atoms with Gasteiger partial charge in [0.05, 0.1) is 17.0 Å². The highest BCUT2D eigenvalue weighted by Gasteiger charge is 2.30. The number of sulfonamides is 1. The molecule has 6 nitrogen and oxygen atoms in total. The van der Waals surface area contributed by atoms with Crippen LogP contribution in [-0.2, 0) is 14.8 Å². The lowest BCUT2D eigenvalue weighted by atomic mass is 10.1. The van der Waals surface area contributed by atoms with E-state index in [1.54, 1.807) is 36.4 Å². The number of nitrogens with one attached hydrogen (secondary N) is 1. The molecule has 1 fully saturated rings. The molecule has 31 heavy (non-hydrogen) atoms. The van der Waals surface area contributed by atoms with Crippen molar-refractivity contribution in [3.8, 4) is 0 Å². The first-order valence-corrected chi connectivity index (χ1v) is 12.0. The minimum absolute atomic E-state index is 0.133. The average Bonchev–Trinajstić information content (AvgIpc) is 3.00. The number of hydrogen-bond acceptors (Lipinski definition) is 4. The van der Waals surface area contributed by atoms with Gasteiger partial charge in [-0.05, 0) is 57.0 Å². The number of aryl methyl sites for hydroxylation is 1. The van der Waals surface area contributed by atoms with Crippen LogP contribution in [0, 0.1) is 12.7 Å². The van der Waals surface area contributed by atoms with Crippen molar-refractivity contribution in [3.05, 3.63) is 65.5 Å². The molecule has 1 aliphatic rings. The molecule has 0 aromatic heterocycles. The monoisotopic (exact) mass is 447 g/mol. The highest BCUT2D eigenvalue weighted by atomic mass is 32.2. The van der Waals surface area contributed by atoms with Crippen LogP contribution in [0.4, 0.5) is 4.39 Å². The topological polar surface area (TPSA) is 69.7 Å². The average molecular weight is 448 g/mol. The van der Waals surface area contributed by atoms with E-state index in [2.05, 4.69) is 5.32 Å². The Balaban J connectivity index is 1.61. The molecular weight excluding hydrogens is 417 g/mol. The Morgan fingerprint density at radius 3 is 2.26 bits per heavy atom. The van der Waals surface area contributed by atoms with E-state index in [1.165, 1.54) is 16.4 Å². The molecular formula is C23H30FN3O3S. The maximum atomic E-state index is 13.1. The molecule has 1 aliphatic heterocycles. The van der Waals surface area contributed by atoms with E-state index in [-0.39, 0.29) is 17.8 Å². The fourth-order valence-corrected chi connectivity index (χ4v) is 5.20. The quantitative estimate of drug-likeness (QED) is 0.739. The van der Waals surface area contributed by atoms with Crippen LogP contribution in [0.3, 0.4) is 0 Å². The summed E-state index contributed by atoms with van der Waals surface area (Å²) in [6, 6.07) is 12.3. The van der Waals surface area contributed by atoms with Gasteiger partial charge in [-0.1, -0.05) is 29.8 Å². The van der Waals surface area contributed by atoms with Gasteiger partial charge in [0.25, 0.3) is 0 Å². The molecule has 168 valence electrons. The third kappa shape index (κ3) is 5.70. The van der Waals surface area contributed by atoms with Crippen molar-refractivity contribution >= 4 is 15.9 Å². The van der Waals surface area contributed by atoms with Crippen molar-refractivity contribution in [2.75, 3.05) is 26.2 Å². The standard InChI is InChI=1S/C23H30FN3O3S/c1-17-5-11-22(12-6-17)31(29,30)27-14-4-13-26(15-16-27)19(3)23(28)25-18(2)20-7-9-21(24)10-8-20/h5-12,18-19H,4,13-16H2,1-3H3,(H,25,28)/t18-,19+/m1/s1. The third-order valence-electron chi connectivity index (χ3n) is 5.80. The number of carbonyl (C=O) groups excluding carboxylic acids is 1. The zero-order valence-corrected chi connectivity index (χ0v) is 19.0. The number of halogens is 1. The van der Waals surface area contributed by atoms with Crippen molar-refractivity contribution in [1.82, 2.24) is 14.5 Å². The van der Waals surface area contributed by atoms with Crippen LogP contribution in [0.1, 0.15) is 37.4 Å². The van der Waals surface area contributed by atoms with Gasteiger partial charge >= 0.3 is 0 Å². The number of nitrogens with zero attached hydrogens (tertiary/aromatic N) is 2. The second kappa shape index (κ2) is 9.89. The van der Waals surface area contributed by atoms with Gasteiger partial charge in [0.15, 0.2) is 0 Å². The molecule has 1 N–H and O–H groups in total. The van der Waals surface area contributed by atoms with Crippen molar-refractivity contribution < 1.29 is 17.6 Å². The first kappa shape index (κ1) is 23.4. The zero-order chi connectivity index (χ0) is 22.6. The summed E-state index contributed by atoms with van der Waals surface area (Å²) >= 11 is 0. The molecule has 1 saturated heterocycles. The van der Waals surface area contributed by atoms with E-state index < -0.39 is 16.1 Å². The van der Waals surface area contributed by atoms with Gasteiger partial charge < -0.3 is 5.32 Å². The molecule has 0 bridgehead atoms. The molecule has 0 aliphatic carbocycles. The normalized spacial score (nSPS) is 18.2. The largest absolute Gasteiger partial charge is 0.348 e. The Morgan fingerprint density at radius 1 is 0.968 bits per heavy atom. The van der Waals surface area contributed by atoms with Gasteiger partial charge in [0.1, 0.15) is 5.82 Å².